The van der Waals surface area contributed by atoms with Crippen LogP contribution < -0.4 is 0 Å². The van der Waals surface area contributed by atoms with E-state index in [-0.39, 0.29) is 0 Å². The second-order valence-corrected chi connectivity index (χ2v) is 5.41. The Morgan fingerprint density at radius 1 is 1.28 bits per heavy atom. The first kappa shape index (κ1) is 13.8. The zero-order valence-corrected chi connectivity index (χ0v) is 12.0. The van der Waals surface area contributed by atoms with Gasteiger partial charge in [-0.2, -0.15) is 0 Å². The molecule has 0 aromatic carbocycles. The van der Waals surface area contributed by atoms with Crippen molar-refractivity contribution in [1.29, 1.82) is 0 Å². The highest BCUT2D eigenvalue weighted by molar-refractivity contribution is 6.29. The Kier molecular flexibility index (Phi) is 4.98. The first-order valence-electron chi connectivity index (χ1n) is 6.77. The van der Waals surface area contributed by atoms with Crippen LogP contribution in [-0.4, -0.2) is 47.0 Å². The van der Waals surface area contributed by atoms with Crippen molar-refractivity contribution in [2.75, 3.05) is 26.2 Å². The molecule has 0 spiro atoms. The summed E-state index contributed by atoms with van der Waals surface area (Å²) < 4.78 is 0. The summed E-state index contributed by atoms with van der Waals surface area (Å²) in [5, 5.41) is 0.589. The van der Waals surface area contributed by atoms with E-state index in [9.17, 15) is 0 Å². The fraction of sp³-hybridized carbons (Fsp3) is 0.643. The third-order valence-electron chi connectivity index (χ3n) is 3.78. The molecule has 0 amide bonds. The Hall–Kier alpha value is -0.640. The highest BCUT2D eigenvalue weighted by Crippen LogP contribution is 2.12. The predicted molar refractivity (Wildman–Crippen MR) is 75.9 cm³/mol. The molecule has 100 valence electrons. The summed E-state index contributed by atoms with van der Waals surface area (Å²) in [6.07, 6.45) is 1.23. The fourth-order valence-corrected chi connectivity index (χ4v) is 2.57. The van der Waals surface area contributed by atoms with Gasteiger partial charge in [-0.15, -0.1) is 0 Å². The molecule has 1 aromatic heterocycles. The van der Waals surface area contributed by atoms with Gasteiger partial charge in [-0.25, -0.2) is 4.98 Å². The molecule has 1 aliphatic heterocycles. The van der Waals surface area contributed by atoms with Crippen LogP contribution in [0, 0.1) is 0 Å². The molecule has 0 bridgehead atoms. The summed E-state index contributed by atoms with van der Waals surface area (Å²) in [7, 11) is 0. The highest BCUT2D eigenvalue weighted by atomic mass is 35.5. The van der Waals surface area contributed by atoms with Crippen LogP contribution in [0.15, 0.2) is 18.2 Å². The largest absolute Gasteiger partial charge is 0.298 e. The van der Waals surface area contributed by atoms with Crippen LogP contribution in [0.25, 0.3) is 0 Å². The number of halogens is 1. The molecule has 0 aliphatic carbocycles. The smallest absolute Gasteiger partial charge is 0.129 e. The van der Waals surface area contributed by atoms with Crippen LogP contribution in [0.1, 0.15) is 26.0 Å². The van der Waals surface area contributed by atoms with Crippen molar-refractivity contribution in [2.45, 2.75) is 32.9 Å². The number of pyridine rings is 1. The standard InChI is InChI=1S/C14H22ClN3/c1-3-12(2)18-9-7-17(8-10-18)11-13-5-4-6-14(15)16-13/h4-6,12H,3,7-11H2,1-2H3. The summed E-state index contributed by atoms with van der Waals surface area (Å²) in [6.45, 7) is 10.1. The number of nitrogens with zero attached hydrogens (tertiary/aromatic N) is 3. The summed E-state index contributed by atoms with van der Waals surface area (Å²) in [5.74, 6) is 0. The van der Waals surface area contributed by atoms with Gasteiger partial charge in [0.15, 0.2) is 0 Å². The number of hydrogen-bond donors (Lipinski definition) is 0. The fourth-order valence-electron chi connectivity index (χ4n) is 2.39. The number of hydrogen-bond acceptors (Lipinski definition) is 3. The lowest BCUT2D eigenvalue weighted by atomic mass is 10.2. The van der Waals surface area contributed by atoms with Crippen LogP contribution in [-0.2, 0) is 6.54 Å². The van der Waals surface area contributed by atoms with Crippen LogP contribution in [0.4, 0.5) is 0 Å². The third kappa shape index (κ3) is 3.67. The van der Waals surface area contributed by atoms with Gasteiger partial charge in [0.25, 0.3) is 0 Å². The van der Waals surface area contributed by atoms with Crippen molar-refractivity contribution in [1.82, 2.24) is 14.8 Å². The molecule has 2 heterocycles. The normalized spacial score (nSPS) is 19.9. The molecule has 0 saturated carbocycles. The third-order valence-corrected chi connectivity index (χ3v) is 3.99. The molecule has 1 unspecified atom stereocenters. The molecule has 1 saturated heterocycles. The molecule has 1 fully saturated rings. The van der Waals surface area contributed by atoms with Gasteiger partial charge >= 0.3 is 0 Å². The zero-order valence-electron chi connectivity index (χ0n) is 11.3. The first-order valence-corrected chi connectivity index (χ1v) is 7.14. The van der Waals surface area contributed by atoms with E-state index < -0.39 is 0 Å². The van der Waals surface area contributed by atoms with E-state index in [0.29, 0.717) is 11.2 Å². The number of rotatable bonds is 4. The maximum atomic E-state index is 5.91. The van der Waals surface area contributed by atoms with Gasteiger partial charge < -0.3 is 0 Å². The Bertz CT molecular complexity index is 375. The Balaban J connectivity index is 1.83. The number of aromatic nitrogens is 1. The molecule has 0 radical (unpaired) electrons. The van der Waals surface area contributed by atoms with Crippen LogP contribution in [0.2, 0.25) is 5.15 Å². The van der Waals surface area contributed by atoms with Gasteiger partial charge in [-0.05, 0) is 25.5 Å². The minimum Gasteiger partial charge on any atom is -0.298 e. The summed E-state index contributed by atoms with van der Waals surface area (Å²) in [5.41, 5.74) is 1.07. The lowest BCUT2D eigenvalue weighted by Gasteiger charge is -2.37. The SMILES string of the molecule is CCC(C)N1CCN(Cc2cccc(Cl)n2)CC1. The minimum absolute atomic E-state index is 0.589. The van der Waals surface area contributed by atoms with Gasteiger partial charge in [0, 0.05) is 38.8 Å². The number of piperazine rings is 1. The minimum atomic E-state index is 0.589. The van der Waals surface area contributed by atoms with Crippen LogP contribution in [0.3, 0.4) is 0 Å². The molecule has 2 rings (SSSR count). The van der Waals surface area contributed by atoms with Crippen molar-refractivity contribution in [3.8, 4) is 0 Å². The second kappa shape index (κ2) is 6.50. The maximum Gasteiger partial charge on any atom is 0.129 e. The van der Waals surface area contributed by atoms with E-state index >= 15 is 0 Å². The van der Waals surface area contributed by atoms with E-state index in [1.165, 1.54) is 6.42 Å². The van der Waals surface area contributed by atoms with Crippen molar-refractivity contribution < 1.29 is 0 Å². The average molecular weight is 268 g/mol. The summed E-state index contributed by atoms with van der Waals surface area (Å²) >= 11 is 5.91. The topological polar surface area (TPSA) is 19.4 Å². The van der Waals surface area contributed by atoms with E-state index in [1.54, 1.807) is 0 Å². The maximum absolute atomic E-state index is 5.91. The lowest BCUT2D eigenvalue weighted by Crippen LogP contribution is -2.49. The van der Waals surface area contributed by atoms with Gasteiger partial charge in [-0.3, -0.25) is 9.80 Å². The predicted octanol–water partition coefficient (Wildman–Crippen LogP) is 2.65. The molecule has 0 N–H and O–H groups in total. The first-order chi connectivity index (χ1) is 8.69. The molecule has 1 atom stereocenters. The van der Waals surface area contributed by atoms with Crippen molar-refractivity contribution in [2.24, 2.45) is 0 Å². The quantitative estimate of drug-likeness (QED) is 0.782. The molecular weight excluding hydrogens is 246 g/mol. The molecular formula is C14H22ClN3. The molecule has 4 heteroatoms. The van der Waals surface area contributed by atoms with Gasteiger partial charge in [0.2, 0.25) is 0 Å². The van der Waals surface area contributed by atoms with Gasteiger partial charge in [-0.1, -0.05) is 24.6 Å². The highest BCUT2D eigenvalue weighted by Gasteiger charge is 2.20. The second-order valence-electron chi connectivity index (χ2n) is 5.02. The Morgan fingerprint density at radius 3 is 2.61 bits per heavy atom. The van der Waals surface area contributed by atoms with Crippen LogP contribution >= 0.6 is 11.6 Å². The van der Waals surface area contributed by atoms with E-state index in [4.69, 9.17) is 11.6 Å². The monoisotopic (exact) mass is 267 g/mol. The molecule has 1 aliphatic rings. The van der Waals surface area contributed by atoms with E-state index in [1.807, 2.05) is 18.2 Å². The lowest BCUT2D eigenvalue weighted by molar-refractivity contribution is 0.0956. The average Bonchev–Trinajstić information content (AvgIpc) is 2.39. The van der Waals surface area contributed by atoms with Crippen LogP contribution in [0.5, 0.6) is 0 Å². The van der Waals surface area contributed by atoms with E-state index in [0.717, 1.165) is 38.4 Å². The van der Waals surface area contributed by atoms with Crippen molar-refractivity contribution in [3.05, 3.63) is 29.0 Å². The van der Waals surface area contributed by atoms with E-state index in [2.05, 4.69) is 28.6 Å². The van der Waals surface area contributed by atoms with Crippen molar-refractivity contribution >= 4 is 11.6 Å². The Morgan fingerprint density at radius 2 is 2.00 bits per heavy atom. The summed E-state index contributed by atoms with van der Waals surface area (Å²) in [4.78, 5) is 9.37. The summed E-state index contributed by atoms with van der Waals surface area (Å²) in [6, 6.07) is 6.55. The molecule has 1 aromatic rings. The zero-order chi connectivity index (χ0) is 13.0. The van der Waals surface area contributed by atoms with Gasteiger partial charge in [0.05, 0.1) is 5.69 Å². The molecule has 3 nitrogen and oxygen atoms in total. The van der Waals surface area contributed by atoms with Gasteiger partial charge in [0.1, 0.15) is 5.15 Å². The molecule has 18 heavy (non-hydrogen) atoms. The van der Waals surface area contributed by atoms with Crippen molar-refractivity contribution in [3.63, 3.8) is 0 Å². The Labute approximate surface area is 115 Å².